The van der Waals surface area contributed by atoms with Crippen LogP contribution in [0.25, 0.3) is 10.9 Å². The van der Waals surface area contributed by atoms with E-state index in [1.807, 2.05) is 17.9 Å². The van der Waals surface area contributed by atoms with Gasteiger partial charge in [-0.15, -0.1) is 10.2 Å². The molecule has 0 aliphatic carbocycles. The highest BCUT2D eigenvalue weighted by atomic mass is 19.4. The summed E-state index contributed by atoms with van der Waals surface area (Å²) in [5, 5.41) is 16.8. The Morgan fingerprint density at radius 1 is 1.21 bits per heavy atom. The monoisotopic (exact) mass is 553 g/mol. The van der Waals surface area contributed by atoms with Gasteiger partial charge in [0.2, 0.25) is 11.7 Å². The molecule has 4 heterocycles. The van der Waals surface area contributed by atoms with E-state index in [9.17, 15) is 36.4 Å². The van der Waals surface area contributed by atoms with Crippen molar-refractivity contribution in [2.75, 3.05) is 24.5 Å². The summed E-state index contributed by atoms with van der Waals surface area (Å²) in [5.41, 5.74) is 0.286. The van der Waals surface area contributed by atoms with Gasteiger partial charge in [0.15, 0.2) is 17.4 Å². The maximum absolute atomic E-state index is 14.9. The van der Waals surface area contributed by atoms with E-state index in [4.69, 9.17) is 0 Å². The Balaban J connectivity index is 1.35. The van der Waals surface area contributed by atoms with Crippen molar-refractivity contribution in [2.24, 2.45) is 11.8 Å². The first-order valence-corrected chi connectivity index (χ1v) is 12.0. The topological polar surface area (TPSA) is 100 Å². The van der Waals surface area contributed by atoms with Gasteiger partial charge in [0.25, 0.3) is 0 Å². The van der Waals surface area contributed by atoms with Gasteiger partial charge in [0.05, 0.1) is 17.8 Å². The third-order valence-corrected chi connectivity index (χ3v) is 7.11. The van der Waals surface area contributed by atoms with Crippen molar-refractivity contribution < 1.29 is 35.9 Å². The van der Waals surface area contributed by atoms with Gasteiger partial charge in [-0.1, -0.05) is 6.92 Å². The molecule has 9 nitrogen and oxygen atoms in total. The summed E-state index contributed by atoms with van der Waals surface area (Å²) < 4.78 is 84.8. The lowest BCUT2D eigenvalue weighted by atomic mass is 9.85. The predicted octanol–water partition coefficient (Wildman–Crippen LogP) is 3.96. The van der Waals surface area contributed by atoms with Crippen LogP contribution in [-0.2, 0) is 24.1 Å². The number of benzene rings is 1. The van der Waals surface area contributed by atoms with Crippen LogP contribution in [0.3, 0.4) is 0 Å². The van der Waals surface area contributed by atoms with E-state index in [1.165, 1.54) is 11.0 Å². The van der Waals surface area contributed by atoms with E-state index < -0.39 is 36.1 Å². The van der Waals surface area contributed by atoms with Crippen LogP contribution in [0.2, 0.25) is 0 Å². The fourth-order valence-corrected chi connectivity index (χ4v) is 5.31. The molecule has 1 saturated heterocycles. The Morgan fingerprint density at radius 2 is 1.97 bits per heavy atom. The van der Waals surface area contributed by atoms with Gasteiger partial charge in [-0.3, -0.25) is 9.78 Å². The van der Waals surface area contributed by atoms with Crippen molar-refractivity contribution >= 4 is 22.5 Å². The molecular formula is C24H21F6N7O2. The molecule has 2 aliphatic rings. The number of alkyl halides is 5. The zero-order valence-electron chi connectivity index (χ0n) is 20.4. The number of halogens is 6. The second-order valence-corrected chi connectivity index (χ2v) is 9.45. The Bertz CT molecular complexity index is 1470. The number of piperidine rings is 1. The van der Waals surface area contributed by atoms with E-state index in [2.05, 4.69) is 19.9 Å². The minimum absolute atomic E-state index is 0.0612. The van der Waals surface area contributed by atoms with Crippen LogP contribution in [0.15, 0.2) is 18.3 Å². The summed E-state index contributed by atoms with van der Waals surface area (Å²) in [4.78, 5) is 20.6. The lowest BCUT2D eigenvalue weighted by molar-refractivity contribution is -0.148. The quantitative estimate of drug-likeness (QED) is 0.451. The van der Waals surface area contributed by atoms with Crippen molar-refractivity contribution in [3.8, 4) is 11.8 Å². The molecule has 0 bridgehead atoms. The molecule has 0 unspecified atom stereocenters. The fraction of sp³-hybridized carbons (Fsp3) is 0.458. The number of hydrogen-bond donors (Lipinski definition) is 0. The number of carbonyl (C=O) groups is 1. The number of fused-ring (bicyclic) bond motifs is 2. The van der Waals surface area contributed by atoms with Crippen molar-refractivity contribution in [3.63, 3.8) is 0 Å². The first kappa shape index (κ1) is 26.5. The molecule has 0 saturated carbocycles. The summed E-state index contributed by atoms with van der Waals surface area (Å²) >= 11 is 0. The lowest BCUT2D eigenvalue weighted by Crippen LogP contribution is -2.49. The summed E-state index contributed by atoms with van der Waals surface area (Å²) in [6.07, 6.45) is -3.12. The van der Waals surface area contributed by atoms with E-state index in [0.29, 0.717) is 25.2 Å². The average molecular weight is 553 g/mol. The maximum Gasteiger partial charge on any atom is 0.451 e. The molecule has 1 amide bonds. The average Bonchev–Trinajstić information content (AvgIpc) is 3.33. The number of hydrogen-bond acceptors (Lipinski definition) is 7. The molecule has 206 valence electrons. The maximum atomic E-state index is 14.9. The van der Waals surface area contributed by atoms with Crippen LogP contribution in [-0.4, -0.2) is 56.8 Å². The third kappa shape index (κ3) is 4.79. The molecule has 2 aliphatic heterocycles. The molecule has 0 radical (unpaired) electrons. The van der Waals surface area contributed by atoms with Gasteiger partial charge in [-0.05, 0) is 24.5 Å². The number of carbonyl (C=O) groups excluding carboxylic acids is 1. The molecule has 0 N–H and O–H groups in total. The van der Waals surface area contributed by atoms with Crippen LogP contribution in [0.1, 0.15) is 30.6 Å². The number of amides is 1. The second kappa shape index (κ2) is 9.90. The molecule has 39 heavy (non-hydrogen) atoms. The summed E-state index contributed by atoms with van der Waals surface area (Å²) in [6, 6.07) is 4.44. The Kier molecular flexibility index (Phi) is 6.73. The van der Waals surface area contributed by atoms with Crippen LogP contribution in [0, 0.1) is 29.0 Å². The lowest BCUT2D eigenvalue weighted by Gasteiger charge is -2.40. The van der Waals surface area contributed by atoms with Gasteiger partial charge in [-0.25, -0.2) is 4.39 Å². The highest BCUT2D eigenvalue weighted by Gasteiger charge is 2.41. The van der Waals surface area contributed by atoms with E-state index in [-0.39, 0.29) is 53.8 Å². The molecule has 2 atom stereocenters. The van der Waals surface area contributed by atoms with Crippen molar-refractivity contribution in [1.29, 1.82) is 5.26 Å². The van der Waals surface area contributed by atoms with Gasteiger partial charge >= 0.3 is 12.8 Å². The summed E-state index contributed by atoms with van der Waals surface area (Å²) in [7, 11) is 0. The summed E-state index contributed by atoms with van der Waals surface area (Å²) in [6.45, 7) is -0.853. The van der Waals surface area contributed by atoms with Crippen LogP contribution in [0.4, 0.5) is 32.0 Å². The number of nitriles is 1. The molecule has 1 fully saturated rings. The SMILES string of the molecule is C[C@@H]1CN(c2c(C#N)cnc3c(F)c(OC(F)F)ccc23)CC[C@@H]1C(=O)N1CCn2c(nnc2C(F)(F)F)C1. The van der Waals surface area contributed by atoms with Crippen LogP contribution >= 0.6 is 0 Å². The van der Waals surface area contributed by atoms with Gasteiger partial charge < -0.3 is 19.1 Å². The number of ether oxygens (including phenoxy) is 1. The number of pyridine rings is 1. The minimum atomic E-state index is -4.64. The smallest absolute Gasteiger partial charge is 0.432 e. The zero-order valence-corrected chi connectivity index (χ0v) is 20.4. The highest BCUT2D eigenvalue weighted by Crippen LogP contribution is 2.38. The van der Waals surface area contributed by atoms with E-state index in [0.717, 1.165) is 16.8 Å². The predicted molar refractivity (Wildman–Crippen MR) is 123 cm³/mol. The normalized spacial score (nSPS) is 19.8. The molecule has 1 aromatic carbocycles. The van der Waals surface area contributed by atoms with Gasteiger partial charge in [0.1, 0.15) is 11.6 Å². The van der Waals surface area contributed by atoms with E-state index >= 15 is 0 Å². The molecule has 5 rings (SSSR count). The van der Waals surface area contributed by atoms with Crippen molar-refractivity contribution in [1.82, 2.24) is 24.6 Å². The fourth-order valence-electron chi connectivity index (χ4n) is 5.31. The first-order valence-electron chi connectivity index (χ1n) is 12.0. The Morgan fingerprint density at radius 3 is 2.64 bits per heavy atom. The largest absolute Gasteiger partial charge is 0.451 e. The molecule has 0 spiro atoms. The molecular weight excluding hydrogens is 532 g/mol. The van der Waals surface area contributed by atoms with Crippen LogP contribution < -0.4 is 9.64 Å². The third-order valence-electron chi connectivity index (χ3n) is 7.11. The van der Waals surface area contributed by atoms with Crippen molar-refractivity contribution in [2.45, 2.75) is 39.2 Å². The van der Waals surface area contributed by atoms with Crippen molar-refractivity contribution in [3.05, 3.63) is 41.4 Å². The van der Waals surface area contributed by atoms with E-state index in [1.54, 1.807) is 0 Å². The first-order chi connectivity index (χ1) is 18.5. The molecule has 15 heteroatoms. The zero-order chi connectivity index (χ0) is 28.1. The second-order valence-electron chi connectivity index (χ2n) is 9.45. The Hall–Kier alpha value is -4.09. The van der Waals surface area contributed by atoms with Crippen LogP contribution in [0.5, 0.6) is 5.75 Å². The van der Waals surface area contributed by atoms with Gasteiger partial charge in [-0.2, -0.15) is 27.2 Å². The Labute approximate surface area is 217 Å². The standard InChI is InChI=1S/C24H21F6N7O2/c1-12-10-35(20-13(8-31)9-32-19-15(20)2-3-16(18(19)25)39-23(26)27)5-4-14(12)21(38)36-6-7-37-17(11-36)33-34-22(37)24(28,29)30/h2-3,9,12,14,23H,4-7,10-11H2,1H3/t12-,14+/m1/s1. The number of rotatable bonds is 4. The summed E-state index contributed by atoms with van der Waals surface area (Å²) in [5.74, 6) is -3.68. The minimum Gasteiger partial charge on any atom is -0.432 e. The molecule has 3 aromatic rings. The molecule has 2 aromatic heterocycles. The number of nitrogens with zero attached hydrogens (tertiary/aromatic N) is 7. The van der Waals surface area contributed by atoms with Gasteiger partial charge in [0, 0.05) is 43.7 Å². The number of aromatic nitrogens is 4. The highest BCUT2D eigenvalue weighted by molar-refractivity contribution is 5.95. The number of anilines is 1.